The molecule has 0 fully saturated rings. The number of carboxylic acid groups (broad SMARTS) is 1. The van der Waals surface area contributed by atoms with Crippen molar-refractivity contribution in [3.8, 4) is 0 Å². The molecule has 0 aliphatic carbocycles. The van der Waals surface area contributed by atoms with Gasteiger partial charge in [-0.05, 0) is 31.9 Å². The van der Waals surface area contributed by atoms with Gasteiger partial charge in [-0.15, -0.1) is 11.3 Å². The number of aryl methyl sites for hydroxylation is 2. The van der Waals surface area contributed by atoms with Crippen LogP contribution in [-0.4, -0.2) is 36.9 Å². The molecule has 5 nitrogen and oxygen atoms in total. The summed E-state index contributed by atoms with van der Waals surface area (Å²) >= 11 is 1.18. The Bertz CT molecular complexity index is 514. The second-order valence-corrected chi connectivity index (χ2v) is 7.46. The number of carboxylic acids is 1. The largest absolute Gasteiger partial charge is 0.480 e. The van der Waals surface area contributed by atoms with Crippen LogP contribution in [-0.2, 0) is 14.8 Å². The highest BCUT2D eigenvalue weighted by atomic mass is 32.2. The Morgan fingerprint density at radius 3 is 2.44 bits per heavy atom. The number of hydrogen-bond donors (Lipinski definition) is 1. The van der Waals surface area contributed by atoms with Crippen LogP contribution in [0, 0.1) is 13.8 Å². The fourth-order valence-corrected chi connectivity index (χ4v) is 4.63. The molecule has 1 aromatic heterocycles. The molecule has 1 heterocycles. The molecule has 0 unspecified atom stereocenters. The zero-order valence-electron chi connectivity index (χ0n) is 10.6. The number of aliphatic carboxylic acids is 1. The summed E-state index contributed by atoms with van der Waals surface area (Å²) in [6, 6.07) is 1.60. The molecular weight excluding hydrogens is 274 g/mol. The van der Waals surface area contributed by atoms with Crippen molar-refractivity contribution in [3.63, 3.8) is 0 Å². The second-order valence-electron chi connectivity index (χ2n) is 4.04. The van der Waals surface area contributed by atoms with Crippen molar-refractivity contribution < 1.29 is 18.3 Å². The summed E-state index contributed by atoms with van der Waals surface area (Å²) in [6.45, 7) is 5.22. The maximum atomic E-state index is 12.3. The minimum absolute atomic E-state index is 0.213. The predicted molar refractivity (Wildman–Crippen MR) is 70.5 cm³/mol. The summed E-state index contributed by atoms with van der Waals surface area (Å²) in [4.78, 5) is 11.7. The number of nitrogens with zero attached hydrogens (tertiary/aromatic N) is 1. The van der Waals surface area contributed by atoms with E-state index in [0.29, 0.717) is 6.42 Å². The van der Waals surface area contributed by atoms with Crippen molar-refractivity contribution in [2.75, 3.05) is 13.1 Å². The van der Waals surface area contributed by atoms with Crippen LogP contribution in [0.25, 0.3) is 0 Å². The standard InChI is InChI=1S/C11H17NO4S2/c1-4-5-12(7-10(13)14)18(15,16)11-6-8(2)9(3)17-11/h6H,4-5,7H2,1-3H3,(H,13,14). The van der Waals surface area contributed by atoms with Crippen LogP contribution in [0.3, 0.4) is 0 Å². The molecule has 0 aromatic carbocycles. The number of hydrogen-bond acceptors (Lipinski definition) is 4. The molecule has 0 aliphatic rings. The molecule has 0 saturated heterocycles. The lowest BCUT2D eigenvalue weighted by molar-refractivity contribution is -0.137. The first-order valence-corrected chi connectivity index (χ1v) is 7.83. The molecule has 0 spiro atoms. The van der Waals surface area contributed by atoms with Crippen LogP contribution in [0.4, 0.5) is 0 Å². The Balaban J connectivity index is 3.12. The zero-order valence-corrected chi connectivity index (χ0v) is 12.3. The summed E-state index contributed by atoms with van der Waals surface area (Å²) in [5, 5.41) is 8.78. The first kappa shape index (κ1) is 15.1. The Hall–Kier alpha value is -0.920. The Morgan fingerprint density at radius 2 is 2.06 bits per heavy atom. The van der Waals surface area contributed by atoms with Crippen LogP contribution < -0.4 is 0 Å². The van der Waals surface area contributed by atoms with E-state index in [0.717, 1.165) is 14.7 Å². The van der Waals surface area contributed by atoms with Gasteiger partial charge in [0.1, 0.15) is 10.8 Å². The third-order valence-electron chi connectivity index (χ3n) is 2.52. The minimum atomic E-state index is -3.69. The number of carbonyl (C=O) groups is 1. The predicted octanol–water partition coefficient (Wildman–Crippen LogP) is 1.85. The van der Waals surface area contributed by atoms with E-state index < -0.39 is 22.5 Å². The smallest absolute Gasteiger partial charge is 0.318 e. The van der Waals surface area contributed by atoms with Crippen molar-refractivity contribution in [2.24, 2.45) is 0 Å². The molecule has 1 aromatic rings. The molecule has 0 saturated carbocycles. The van der Waals surface area contributed by atoms with E-state index >= 15 is 0 Å². The maximum Gasteiger partial charge on any atom is 0.318 e. The average Bonchev–Trinajstić information content (AvgIpc) is 2.59. The van der Waals surface area contributed by atoms with Crippen molar-refractivity contribution in [1.29, 1.82) is 0 Å². The molecular formula is C11H17NO4S2. The van der Waals surface area contributed by atoms with Gasteiger partial charge in [-0.2, -0.15) is 4.31 Å². The zero-order chi connectivity index (χ0) is 13.9. The van der Waals surface area contributed by atoms with Crippen molar-refractivity contribution in [3.05, 3.63) is 16.5 Å². The van der Waals surface area contributed by atoms with Gasteiger partial charge in [0.25, 0.3) is 10.0 Å². The molecule has 0 atom stereocenters. The molecule has 0 amide bonds. The van der Waals surface area contributed by atoms with Crippen LogP contribution >= 0.6 is 11.3 Å². The van der Waals surface area contributed by atoms with Gasteiger partial charge in [0.05, 0.1) is 0 Å². The van der Waals surface area contributed by atoms with Gasteiger partial charge in [-0.1, -0.05) is 6.92 Å². The van der Waals surface area contributed by atoms with Crippen molar-refractivity contribution >= 4 is 27.3 Å². The molecule has 1 N–H and O–H groups in total. The molecule has 1 rings (SSSR count). The number of thiophene rings is 1. The first-order valence-electron chi connectivity index (χ1n) is 5.58. The van der Waals surface area contributed by atoms with E-state index in [1.807, 2.05) is 20.8 Å². The van der Waals surface area contributed by atoms with Crippen LogP contribution in [0.1, 0.15) is 23.8 Å². The van der Waals surface area contributed by atoms with Crippen LogP contribution in [0.5, 0.6) is 0 Å². The van der Waals surface area contributed by atoms with Gasteiger partial charge in [-0.3, -0.25) is 4.79 Å². The van der Waals surface area contributed by atoms with Gasteiger partial charge in [0, 0.05) is 11.4 Å². The van der Waals surface area contributed by atoms with Gasteiger partial charge in [0.15, 0.2) is 0 Å². The van der Waals surface area contributed by atoms with E-state index in [2.05, 4.69) is 0 Å². The fraction of sp³-hybridized carbons (Fsp3) is 0.545. The van der Waals surface area contributed by atoms with Gasteiger partial charge in [0.2, 0.25) is 0 Å². The lowest BCUT2D eigenvalue weighted by Gasteiger charge is -2.18. The third kappa shape index (κ3) is 3.30. The topological polar surface area (TPSA) is 74.7 Å². The second kappa shape index (κ2) is 5.81. The lowest BCUT2D eigenvalue weighted by Crippen LogP contribution is -2.35. The van der Waals surface area contributed by atoms with E-state index in [9.17, 15) is 13.2 Å². The normalized spacial score (nSPS) is 12.0. The van der Waals surface area contributed by atoms with Crippen LogP contribution in [0.15, 0.2) is 10.3 Å². The first-order chi connectivity index (χ1) is 8.28. The fourth-order valence-electron chi connectivity index (χ4n) is 1.48. The van der Waals surface area contributed by atoms with E-state index in [1.54, 1.807) is 6.07 Å². The highest BCUT2D eigenvalue weighted by molar-refractivity contribution is 7.91. The Kier molecular flexibility index (Phi) is 4.89. The maximum absolute atomic E-state index is 12.3. The van der Waals surface area contributed by atoms with Gasteiger partial charge < -0.3 is 5.11 Å². The van der Waals surface area contributed by atoms with Gasteiger partial charge >= 0.3 is 5.97 Å². The number of sulfonamides is 1. The molecule has 0 aliphatic heterocycles. The highest BCUT2D eigenvalue weighted by Gasteiger charge is 2.27. The van der Waals surface area contributed by atoms with E-state index in [1.165, 1.54) is 11.3 Å². The molecule has 102 valence electrons. The Labute approximate surface area is 111 Å². The summed E-state index contributed by atoms with van der Waals surface area (Å²) in [5.41, 5.74) is 0.908. The monoisotopic (exact) mass is 291 g/mol. The molecule has 7 heteroatoms. The van der Waals surface area contributed by atoms with Gasteiger partial charge in [-0.25, -0.2) is 8.42 Å². The van der Waals surface area contributed by atoms with Crippen LogP contribution in [0.2, 0.25) is 0 Å². The van der Waals surface area contributed by atoms with E-state index in [-0.39, 0.29) is 10.8 Å². The average molecular weight is 291 g/mol. The summed E-state index contributed by atoms with van der Waals surface area (Å²) < 4.78 is 25.8. The quantitative estimate of drug-likeness (QED) is 0.868. The third-order valence-corrected chi connectivity index (χ3v) is 5.97. The Morgan fingerprint density at radius 1 is 1.44 bits per heavy atom. The molecule has 0 radical (unpaired) electrons. The van der Waals surface area contributed by atoms with E-state index in [4.69, 9.17) is 5.11 Å². The summed E-state index contributed by atoms with van der Waals surface area (Å²) in [5.74, 6) is -1.14. The summed E-state index contributed by atoms with van der Waals surface area (Å²) in [7, 11) is -3.69. The highest BCUT2D eigenvalue weighted by Crippen LogP contribution is 2.27. The van der Waals surface area contributed by atoms with Crippen molar-refractivity contribution in [2.45, 2.75) is 31.4 Å². The molecule has 0 bridgehead atoms. The SMILES string of the molecule is CCCN(CC(=O)O)S(=O)(=O)c1cc(C)c(C)s1. The number of rotatable bonds is 6. The summed E-state index contributed by atoms with van der Waals surface area (Å²) in [6.07, 6.45) is 0.579. The molecule has 18 heavy (non-hydrogen) atoms. The van der Waals surface area contributed by atoms with Crippen molar-refractivity contribution in [1.82, 2.24) is 4.31 Å². The minimum Gasteiger partial charge on any atom is -0.480 e. The lowest BCUT2D eigenvalue weighted by atomic mass is 10.3.